The summed E-state index contributed by atoms with van der Waals surface area (Å²) in [5.41, 5.74) is 6.84. The van der Waals surface area contributed by atoms with Gasteiger partial charge in [-0.05, 0) is 30.9 Å². The number of benzene rings is 1. The first-order chi connectivity index (χ1) is 9.20. The lowest BCUT2D eigenvalue weighted by Gasteiger charge is -2.13. The molecule has 1 fully saturated rings. The molecule has 1 amide bonds. The number of anilines is 1. The van der Waals surface area contributed by atoms with Crippen LogP contribution in [0.4, 0.5) is 5.69 Å². The number of nitrogens with one attached hydrogen (secondary N) is 1. The number of para-hydroxylation sites is 1. The van der Waals surface area contributed by atoms with E-state index in [0.717, 1.165) is 16.3 Å². The van der Waals surface area contributed by atoms with Crippen molar-refractivity contribution in [2.45, 2.75) is 30.2 Å². The Hall–Kier alpha value is -1.26. The van der Waals surface area contributed by atoms with Gasteiger partial charge in [0.25, 0.3) is 0 Å². The predicted octanol–water partition coefficient (Wildman–Crippen LogP) is 3.03. The van der Waals surface area contributed by atoms with Crippen molar-refractivity contribution in [2.75, 3.05) is 11.1 Å². The molecule has 3 N–H and O–H groups in total. The van der Waals surface area contributed by atoms with Crippen molar-refractivity contribution in [1.82, 2.24) is 0 Å². The molecule has 0 spiro atoms. The molecule has 1 aromatic carbocycles. The van der Waals surface area contributed by atoms with E-state index in [0.29, 0.717) is 12.3 Å². The zero-order valence-electron chi connectivity index (χ0n) is 11.0. The van der Waals surface area contributed by atoms with Gasteiger partial charge in [0, 0.05) is 23.1 Å². The largest absolute Gasteiger partial charge is 0.327 e. The Morgan fingerprint density at radius 1 is 1.53 bits per heavy atom. The third-order valence-electron chi connectivity index (χ3n) is 3.17. The quantitative estimate of drug-likeness (QED) is 0.594. The van der Waals surface area contributed by atoms with Crippen LogP contribution < -0.4 is 11.1 Å². The van der Waals surface area contributed by atoms with E-state index in [4.69, 9.17) is 5.73 Å². The zero-order chi connectivity index (χ0) is 13.7. The second kappa shape index (κ2) is 6.78. The van der Waals surface area contributed by atoms with Gasteiger partial charge in [-0.3, -0.25) is 4.79 Å². The van der Waals surface area contributed by atoms with Crippen LogP contribution in [0.15, 0.2) is 41.8 Å². The van der Waals surface area contributed by atoms with Gasteiger partial charge in [-0.2, -0.15) is 0 Å². The average Bonchev–Trinajstić information content (AvgIpc) is 3.22. The molecule has 1 unspecified atom stereocenters. The molecule has 0 bridgehead atoms. The van der Waals surface area contributed by atoms with Crippen LogP contribution in [-0.4, -0.2) is 17.7 Å². The Morgan fingerprint density at radius 3 is 2.95 bits per heavy atom. The van der Waals surface area contributed by atoms with Gasteiger partial charge in [-0.15, -0.1) is 18.3 Å². The van der Waals surface area contributed by atoms with Crippen LogP contribution in [0.5, 0.6) is 0 Å². The number of carbonyl (C=O) groups excluding carboxylic acids is 1. The average molecular weight is 276 g/mol. The fourth-order valence-electron chi connectivity index (χ4n) is 1.95. The number of carbonyl (C=O) groups is 1. The Labute approximate surface area is 118 Å². The number of amides is 1. The van der Waals surface area contributed by atoms with Crippen LogP contribution >= 0.6 is 11.8 Å². The van der Waals surface area contributed by atoms with Crippen molar-refractivity contribution >= 4 is 23.4 Å². The summed E-state index contributed by atoms with van der Waals surface area (Å²) in [7, 11) is 0. The zero-order valence-corrected chi connectivity index (χ0v) is 11.8. The van der Waals surface area contributed by atoms with Crippen molar-refractivity contribution in [1.29, 1.82) is 0 Å². The van der Waals surface area contributed by atoms with Crippen molar-refractivity contribution < 1.29 is 4.79 Å². The highest BCUT2D eigenvalue weighted by Gasteiger charge is 2.29. The summed E-state index contributed by atoms with van der Waals surface area (Å²) in [4.78, 5) is 13.0. The number of rotatable bonds is 7. The van der Waals surface area contributed by atoms with E-state index < -0.39 is 0 Å². The van der Waals surface area contributed by atoms with E-state index in [2.05, 4.69) is 11.9 Å². The minimum atomic E-state index is 0.00560. The maximum atomic E-state index is 12.0. The Morgan fingerprint density at radius 2 is 2.26 bits per heavy atom. The second-order valence-electron chi connectivity index (χ2n) is 4.85. The van der Waals surface area contributed by atoms with Crippen molar-refractivity contribution in [2.24, 2.45) is 11.7 Å². The summed E-state index contributed by atoms with van der Waals surface area (Å²) in [6.45, 7) is 3.71. The van der Waals surface area contributed by atoms with Gasteiger partial charge in [0.05, 0.1) is 5.69 Å². The highest BCUT2D eigenvalue weighted by atomic mass is 32.2. The van der Waals surface area contributed by atoms with Gasteiger partial charge < -0.3 is 11.1 Å². The normalized spacial score (nSPS) is 15.8. The Kier molecular flexibility index (Phi) is 5.05. The van der Waals surface area contributed by atoms with Crippen LogP contribution in [0.25, 0.3) is 0 Å². The summed E-state index contributed by atoms with van der Waals surface area (Å²) >= 11 is 1.66. The summed E-state index contributed by atoms with van der Waals surface area (Å²) in [5.74, 6) is 1.39. The van der Waals surface area contributed by atoms with Gasteiger partial charge in [-0.25, -0.2) is 0 Å². The van der Waals surface area contributed by atoms with Gasteiger partial charge in [0.1, 0.15) is 0 Å². The van der Waals surface area contributed by atoms with E-state index in [9.17, 15) is 4.79 Å². The molecule has 0 radical (unpaired) electrons. The monoisotopic (exact) mass is 276 g/mol. The molecule has 1 aromatic rings. The molecule has 0 saturated heterocycles. The van der Waals surface area contributed by atoms with E-state index in [1.54, 1.807) is 11.8 Å². The molecule has 2 rings (SSSR count). The lowest BCUT2D eigenvalue weighted by molar-refractivity contribution is -0.116. The summed E-state index contributed by atoms with van der Waals surface area (Å²) < 4.78 is 0. The van der Waals surface area contributed by atoms with Gasteiger partial charge in [0.15, 0.2) is 0 Å². The van der Waals surface area contributed by atoms with Crippen LogP contribution in [0.2, 0.25) is 0 Å². The lowest BCUT2D eigenvalue weighted by atomic mass is 10.1. The molecule has 0 aliphatic heterocycles. The molecule has 1 saturated carbocycles. The van der Waals surface area contributed by atoms with E-state index in [1.165, 1.54) is 12.8 Å². The van der Waals surface area contributed by atoms with Crippen molar-refractivity contribution in [3.8, 4) is 0 Å². The number of nitrogens with two attached hydrogens (primary N) is 1. The second-order valence-corrected chi connectivity index (χ2v) is 5.91. The topological polar surface area (TPSA) is 55.1 Å². The minimum absolute atomic E-state index is 0.00560. The van der Waals surface area contributed by atoms with Gasteiger partial charge >= 0.3 is 0 Å². The molecule has 3 nitrogen and oxygen atoms in total. The van der Waals surface area contributed by atoms with Crippen molar-refractivity contribution in [3.05, 3.63) is 36.9 Å². The molecule has 19 heavy (non-hydrogen) atoms. The molecule has 1 aliphatic rings. The van der Waals surface area contributed by atoms with E-state index in [1.807, 2.05) is 30.3 Å². The molecule has 102 valence electrons. The number of hydrogen-bond donors (Lipinski definition) is 2. The summed E-state index contributed by atoms with van der Waals surface area (Å²) in [6, 6.07) is 7.83. The standard InChI is InChI=1S/C15H20N2OS/c1-2-9-19-14-6-4-3-5-13(14)17-15(18)10-12(16)11-7-8-11/h2-6,11-12H,1,7-10,16H2,(H,17,18). The molecule has 1 atom stereocenters. The minimum Gasteiger partial charge on any atom is -0.327 e. The summed E-state index contributed by atoms with van der Waals surface area (Å²) in [5, 5.41) is 2.96. The number of hydrogen-bond acceptors (Lipinski definition) is 3. The molecule has 4 heteroatoms. The maximum absolute atomic E-state index is 12.0. The fraction of sp³-hybridized carbons (Fsp3) is 0.400. The highest BCUT2D eigenvalue weighted by molar-refractivity contribution is 7.99. The SMILES string of the molecule is C=CCSc1ccccc1NC(=O)CC(N)C1CC1. The Balaban J connectivity index is 1.93. The third kappa shape index (κ3) is 4.40. The number of thioether (sulfide) groups is 1. The predicted molar refractivity (Wildman–Crippen MR) is 81.3 cm³/mol. The molecule has 1 aliphatic carbocycles. The molecular weight excluding hydrogens is 256 g/mol. The van der Waals surface area contributed by atoms with Gasteiger partial charge in [0.2, 0.25) is 5.91 Å². The first kappa shape index (κ1) is 14.2. The maximum Gasteiger partial charge on any atom is 0.225 e. The van der Waals surface area contributed by atoms with Crippen molar-refractivity contribution in [3.63, 3.8) is 0 Å². The smallest absolute Gasteiger partial charge is 0.225 e. The molecule has 0 heterocycles. The van der Waals surface area contributed by atoms with Gasteiger partial charge in [-0.1, -0.05) is 18.2 Å². The highest BCUT2D eigenvalue weighted by Crippen LogP contribution is 2.33. The lowest BCUT2D eigenvalue weighted by Crippen LogP contribution is -2.28. The fourth-order valence-corrected chi connectivity index (χ4v) is 2.70. The Bertz CT molecular complexity index is 457. The van der Waals surface area contributed by atoms with Crippen LogP contribution in [0, 0.1) is 5.92 Å². The first-order valence-electron chi connectivity index (χ1n) is 6.59. The van der Waals surface area contributed by atoms with E-state index >= 15 is 0 Å². The van der Waals surface area contributed by atoms with Crippen LogP contribution in [-0.2, 0) is 4.79 Å². The molecule has 0 aromatic heterocycles. The molecular formula is C15H20N2OS. The van der Waals surface area contributed by atoms with E-state index in [-0.39, 0.29) is 11.9 Å². The first-order valence-corrected chi connectivity index (χ1v) is 7.57. The van der Waals surface area contributed by atoms with Crippen LogP contribution in [0.1, 0.15) is 19.3 Å². The summed E-state index contributed by atoms with van der Waals surface area (Å²) in [6.07, 6.45) is 4.60. The van der Waals surface area contributed by atoms with Crippen LogP contribution in [0.3, 0.4) is 0 Å². The third-order valence-corrected chi connectivity index (χ3v) is 4.24.